The lowest BCUT2D eigenvalue weighted by Gasteiger charge is -2.36. The minimum absolute atomic E-state index is 0.120. The standard InChI is InChI=1S/C20H24O6/c1-9(8-13(21)22)14-18-12(6-7-20(4,5)26-18)17(24)15-16(23)10(2)11(3)25-19(14)15/h6-7,9-11,24H,8H2,1-5H3,(H,21,22)/t9-,10-,11+/m1/s1. The smallest absolute Gasteiger partial charge is 0.303 e. The van der Waals surface area contributed by atoms with Gasteiger partial charge in [-0.25, -0.2) is 0 Å². The van der Waals surface area contributed by atoms with Gasteiger partial charge in [-0.15, -0.1) is 0 Å². The number of ether oxygens (including phenoxy) is 2. The average Bonchev–Trinajstić information content (AvgIpc) is 2.50. The van der Waals surface area contributed by atoms with Gasteiger partial charge in [0.25, 0.3) is 0 Å². The minimum Gasteiger partial charge on any atom is -0.506 e. The lowest BCUT2D eigenvalue weighted by atomic mass is 9.83. The maximum Gasteiger partial charge on any atom is 0.303 e. The molecule has 0 saturated heterocycles. The Bertz CT molecular complexity index is 820. The number of carboxylic acid groups (broad SMARTS) is 1. The summed E-state index contributed by atoms with van der Waals surface area (Å²) in [5, 5.41) is 20.0. The summed E-state index contributed by atoms with van der Waals surface area (Å²) in [4.78, 5) is 24.1. The Morgan fingerprint density at radius 3 is 2.58 bits per heavy atom. The molecule has 2 aliphatic rings. The number of benzene rings is 1. The molecule has 0 aromatic heterocycles. The monoisotopic (exact) mass is 360 g/mol. The van der Waals surface area contributed by atoms with Crippen LogP contribution in [0.3, 0.4) is 0 Å². The first-order chi connectivity index (χ1) is 12.0. The maximum atomic E-state index is 12.8. The van der Waals surface area contributed by atoms with E-state index >= 15 is 0 Å². The van der Waals surface area contributed by atoms with Crippen LogP contribution in [0.2, 0.25) is 0 Å². The SMILES string of the molecule is C[C@H](CC(=O)O)c1c2c(c(O)c3c1O[C@@H](C)[C@@H](C)C3=O)C=CC(C)(C)O2. The Labute approximate surface area is 152 Å². The molecule has 0 saturated carbocycles. The lowest BCUT2D eigenvalue weighted by Crippen LogP contribution is -2.35. The molecule has 140 valence electrons. The molecule has 0 spiro atoms. The summed E-state index contributed by atoms with van der Waals surface area (Å²) in [6, 6.07) is 0. The lowest BCUT2D eigenvalue weighted by molar-refractivity contribution is -0.137. The number of carboxylic acids is 1. The highest BCUT2D eigenvalue weighted by Crippen LogP contribution is 2.52. The number of phenolic OH excluding ortho intramolecular Hbond substituents is 1. The van der Waals surface area contributed by atoms with Crippen LogP contribution in [0.15, 0.2) is 6.08 Å². The van der Waals surface area contributed by atoms with Crippen molar-refractivity contribution >= 4 is 17.8 Å². The van der Waals surface area contributed by atoms with E-state index in [0.717, 1.165) is 0 Å². The Balaban J connectivity index is 2.32. The number of rotatable bonds is 3. The summed E-state index contributed by atoms with van der Waals surface area (Å²) < 4.78 is 12.1. The topological polar surface area (TPSA) is 93.1 Å². The number of Topliss-reactive ketones (excluding diaryl/α,β-unsaturated/α-hetero) is 1. The van der Waals surface area contributed by atoms with Gasteiger partial charge in [-0.3, -0.25) is 9.59 Å². The van der Waals surface area contributed by atoms with Gasteiger partial charge in [0.05, 0.1) is 17.9 Å². The van der Waals surface area contributed by atoms with Crippen LogP contribution >= 0.6 is 0 Å². The van der Waals surface area contributed by atoms with Crippen LogP contribution < -0.4 is 9.47 Å². The van der Waals surface area contributed by atoms with Gasteiger partial charge in [-0.1, -0.05) is 13.8 Å². The maximum absolute atomic E-state index is 12.8. The van der Waals surface area contributed by atoms with Crippen molar-refractivity contribution in [3.05, 3.63) is 22.8 Å². The molecule has 0 fully saturated rings. The van der Waals surface area contributed by atoms with Gasteiger partial charge in [0.1, 0.15) is 34.5 Å². The van der Waals surface area contributed by atoms with Crippen molar-refractivity contribution < 1.29 is 29.3 Å². The normalized spacial score (nSPS) is 24.1. The largest absolute Gasteiger partial charge is 0.506 e. The molecule has 2 N–H and O–H groups in total. The van der Waals surface area contributed by atoms with Crippen LogP contribution in [0.1, 0.15) is 68.4 Å². The van der Waals surface area contributed by atoms with E-state index in [1.54, 1.807) is 32.9 Å². The zero-order valence-corrected chi connectivity index (χ0v) is 15.6. The first kappa shape index (κ1) is 18.3. The number of phenols is 1. The van der Waals surface area contributed by atoms with Gasteiger partial charge in [0.15, 0.2) is 5.78 Å². The van der Waals surface area contributed by atoms with Crippen LogP contribution in [0, 0.1) is 5.92 Å². The zero-order valence-electron chi connectivity index (χ0n) is 15.6. The highest BCUT2D eigenvalue weighted by molar-refractivity contribution is 6.06. The number of hydrogen-bond donors (Lipinski definition) is 2. The molecule has 6 nitrogen and oxygen atoms in total. The van der Waals surface area contributed by atoms with Crippen LogP contribution in [-0.4, -0.2) is 33.7 Å². The van der Waals surface area contributed by atoms with Crippen LogP contribution in [0.5, 0.6) is 17.2 Å². The molecule has 2 aliphatic heterocycles. The number of carbonyl (C=O) groups is 2. The van der Waals surface area contributed by atoms with Gasteiger partial charge in [0.2, 0.25) is 0 Å². The fourth-order valence-electron chi connectivity index (χ4n) is 3.47. The summed E-state index contributed by atoms with van der Waals surface area (Å²) in [5.74, 6) is -1.56. The second-order valence-electron chi connectivity index (χ2n) is 7.72. The number of aliphatic carboxylic acids is 1. The van der Waals surface area contributed by atoms with Crippen molar-refractivity contribution in [1.29, 1.82) is 0 Å². The fourth-order valence-corrected chi connectivity index (χ4v) is 3.47. The highest BCUT2D eigenvalue weighted by Gasteiger charge is 2.41. The van der Waals surface area contributed by atoms with E-state index in [1.165, 1.54) is 0 Å². The van der Waals surface area contributed by atoms with Gasteiger partial charge >= 0.3 is 5.97 Å². The Morgan fingerprint density at radius 1 is 1.31 bits per heavy atom. The van der Waals surface area contributed by atoms with Crippen molar-refractivity contribution in [2.24, 2.45) is 5.92 Å². The van der Waals surface area contributed by atoms with Crippen molar-refractivity contribution in [2.75, 3.05) is 0 Å². The number of hydrogen-bond acceptors (Lipinski definition) is 5. The molecule has 0 unspecified atom stereocenters. The summed E-state index contributed by atoms with van der Waals surface area (Å²) in [6.07, 6.45) is 3.00. The predicted molar refractivity (Wildman–Crippen MR) is 96.1 cm³/mol. The fraction of sp³-hybridized carbons (Fsp3) is 0.500. The molecule has 0 aliphatic carbocycles. The molecule has 1 aromatic rings. The third kappa shape index (κ3) is 2.83. The van der Waals surface area contributed by atoms with Crippen LogP contribution in [0.4, 0.5) is 0 Å². The van der Waals surface area contributed by atoms with E-state index in [-0.39, 0.29) is 35.4 Å². The molecule has 0 amide bonds. The van der Waals surface area contributed by atoms with Gasteiger partial charge < -0.3 is 19.7 Å². The second-order valence-corrected chi connectivity index (χ2v) is 7.72. The van der Waals surface area contributed by atoms with Crippen molar-refractivity contribution in [2.45, 2.75) is 58.7 Å². The van der Waals surface area contributed by atoms with Crippen molar-refractivity contribution in [3.63, 3.8) is 0 Å². The molecule has 3 rings (SSSR count). The molecule has 3 atom stereocenters. The van der Waals surface area contributed by atoms with Gasteiger partial charge in [-0.2, -0.15) is 0 Å². The first-order valence-corrected chi connectivity index (χ1v) is 8.77. The molecule has 1 aromatic carbocycles. The van der Waals surface area contributed by atoms with E-state index in [0.29, 0.717) is 16.9 Å². The quantitative estimate of drug-likeness (QED) is 0.853. The summed E-state index contributed by atoms with van der Waals surface area (Å²) in [7, 11) is 0. The second kappa shape index (κ2) is 6.04. The Kier molecular flexibility index (Phi) is 4.25. The molecule has 0 bridgehead atoms. The van der Waals surface area contributed by atoms with E-state index < -0.39 is 23.4 Å². The third-order valence-corrected chi connectivity index (χ3v) is 5.11. The van der Waals surface area contributed by atoms with Crippen LogP contribution in [0.25, 0.3) is 6.08 Å². The zero-order chi connectivity index (χ0) is 19.4. The van der Waals surface area contributed by atoms with Crippen molar-refractivity contribution in [3.8, 4) is 17.2 Å². The molecule has 2 heterocycles. The highest BCUT2D eigenvalue weighted by atomic mass is 16.5. The molecule has 26 heavy (non-hydrogen) atoms. The van der Waals surface area contributed by atoms with E-state index in [4.69, 9.17) is 9.47 Å². The number of fused-ring (bicyclic) bond motifs is 2. The summed E-state index contributed by atoms with van der Waals surface area (Å²) in [6.45, 7) is 9.03. The van der Waals surface area contributed by atoms with E-state index in [1.807, 2.05) is 13.8 Å². The number of ketones is 1. The minimum atomic E-state index is -0.956. The Hall–Kier alpha value is -2.50. The number of carbonyl (C=O) groups excluding carboxylic acids is 1. The molecular weight excluding hydrogens is 336 g/mol. The summed E-state index contributed by atoms with van der Waals surface area (Å²) in [5.41, 5.74) is 0.423. The van der Waals surface area contributed by atoms with Crippen LogP contribution in [-0.2, 0) is 4.79 Å². The van der Waals surface area contributed by atoms with E-state index in [2.05, 4.69) is 0 Å². The molecule has 6 heteroatoms. The van der Waals surface area contributed by atoms with E-state index in [9.17, 15) is 19.8 Å². The third-order valence-electron chi connectivity index (χ3n) is 5.11. The first-order valence-electron chi connectivity index (χ1n) is 8.77. The number of aromatic hydroxyl groups is 1. The molecule has 0 radical (unpaired) electrons. The molecular formula is C20H24O6. The summed E-state index contributed by atoms with van der Waals surface area (Å²) >= 11 is 0. The average molecular weight is 360 g/mol. The van der Waals surface area contributed by atoms with Crippen molar-refractivity contribution in [1.82, 2.24) is 0 Å². The van der Waals surface area contributed by atoms with Gasteiger partial charge in [0, 0.05) is 5.56 Å². The predicted octanol–water partition coefficient (Wildman–Crippen LogP) is 3.75. The van der Waals surface area contributed by atoms with Gasteiger partial charge in [-0.05, 0) is 38.8 Å². The Morgan fingerprint density at radius 2 is 1.96 bits per heavy atom.